The predicted octanol–water partition coefficient (Wildman–Crippen LogP) is 4.11. The Labute approximate surface area is 117 Å². The summed E-state index contributed by atoms with van der Waals surface area (Å²) in [5.74, 6) is 0. The van der Waals surface area contributed by atoms with E-state index in [0.29, 0.717) is 0 Å². The number of hydrogen-bond acceptors (Lipinski definition) is 1. The first-order valence-corrected chi connectivity index (χ1v) is 6.60. The lowest BCUT2D eigenvalue weighted by atomic mass is 9.99. The van der Waals surface area contributed by atoms with Crippen LogP contribution in [0.15, 0.2) is 60.7 Å². The second-order valence-electron chi connectivity index (χ2n) is 4.75. The van der Waals surface area contributed by atoms with Gasteiger partial charge in [-0.15, -0.1) is 0 Å². The number of aromatic nitrogens is 1. The zero-order valence-electron chi connectivity index (χ0n) is 11.3. The molecule has 0 radical (unpaired) electrons. The third kappa shape index (κ3) is 2.05. The molecule has 0 spiro atoms. The fourth-order valence-corrected chi connectivity index (χ4v) is 2.56. The molecular formula is C18H15NO. The van der Waals surface area contributed by atoms with Gasteiger partial charge in [0.1, 0.15) is 6.29 Å². The Hall–Kier alpha value is -2.61. The molecule has 3 rings (SSSR count). The molecule has 1 heterocycles. The molecule has 3 aromatic rings. The molecule has 0 saturated carbocycles. The van der Waals surface area contributed by atoms with Crippen LogP contribution in [0.25, 0.3) is 16.5 Å². The normalized spacial score (nSPS) is 11.8. The minimum Gasteiger partial charge on any atom is -0.354 e. The first-order chi connectivity index (χ1) is 9.81. The molecule has 1 aromatic heterocycles. The highest BCUT2D eigenvalue weighted by Gasteiger charge is 2.12. The van der Waals surface area contributed by atoms with Gasteiger partial charge in [-0.1, -0.05) is 48.5 Å². The van der Waals surface area contributed by atoms with Crippen molar-refractivity contribution in [1.29, 1.82) is 0 Å². The third-order valence-corrected chi connectivity index (χ3v) is 3.55. The minimum absolute atomic E-state index is 0.841. The molecule has 0 aliphatic carbocycles. The summed E-state index contributed by atoms with van der Waals surface area (Å²) in [6.45, 7) is 2.08. The van der Waals surface area contributed by atoms with Gasteiger partial charge in [-0.25, -0.2) is 0 Å². The van der Waals surface area contributed by atoms with Gasteiger partial charge in [0.05, 0.1) is 5.69 Å². The number of aldehydes is 1. The Morgan fingerprint density at radius 3 is 2.40 bits per heavy atom. The Morgan fingerprint density at radius 2 is 1.70 bits per heavy atom. The zero-order valence-corrected chi connectivity index (χ0v) is 11.3. The van der Waals surface area contributed by atoms with E-state index in [4.69, 9.17) is 0 Å². The first-order valence-electron chi connectivity index (χ1n) is 6.60. The molecular weight excluding hydrogens is 246 g/mol. The van der Waals surface area contributed by atoms with Gasteiger partial charge in [-0.2, -0.15) is 0 Å². The van der Waals surface area contributed by atoms with Crippen molar-refractivity contribution in [2.75, 3.05) is 0 Å². The van der Waals surface area contributed by atoms with Gasteiger partial charge in [0.15, 0.2) is 0 Å². The van der Waals surface area contributed by atoms with E-state index in [1.165, 1.54) is 5.39 Å². The van der Waals surface area contributed by atoms with Gasteiger partial charge in [0.2, 0.25) is 0 Å². The molecule has 0 fully saturated rings. The highest BCUT2D eigenvalue weighted by atomic mass is 16.1. The molecule has 0 bridgehead atoms. The van der Waals surface area contributed by atoms with Crippen molar-refractivity contribution in [2.45, 2.75) is 6.92 Å². The first kappa shape index (κ1) is 12.4. The molecule has 0 aliphatic heterocycles. The monoisotopic (exact) mass is 261 g/mol. The average Bonchev–Trinajstić information content (AvgIpc) is 2.83. The number of rotatable bonds is 3. The smallest absolute Gasteiger partial charge is 0.143 e. The van der Waals surface area contributed by atoms with Gasteiger partial charge >= 0.3 is 0 Å². The largest absolute Gasteiger partial charge is 0.354 e. The maximum absolute atomic E-state index is 11.0. The highest BCUT2D eigenvalue weighted by Crippen LogP contribution is 2.30. The van der Waals surface area contributed by atoms with Crippen LogP contribution in [0.5, 0.6) is 0 Å². The number of para-hydroxylation sites is 1. The van der Waals surface area contributed by atoms with Crippen LogP contribution >= 0.6 is 0 Å². The van der Waals surface area contributed by atoms with E-state index >= 15 is 0 Å². The van der Waals surface area contributed by atoms with Crippen molar-refractivity contribution in [3.63, 3.8) is 0 Å². The number of H-pyrrole nitrogens is 1. The van der Waals surface area contributed by atoms with E-state index in [1.54, 1.807) is 6.08 Å². The van der Waals surface area contributed by atoms with E-state index in [1.807, 2.05) is 42.5 Å². The molecule has 20 heavy (non-hydrogen) atoms. The second kappa shape index (κ2) is 5.17. The summed E-state index contributed by atoms with van der Waals surface area (Å²) in [5, 5.41) is 1.19. The van der Waals surface area contributed by atoms with Crippen LogP contribution in [-0.2, 0) is 4.79 Å². The standard InChI is InChI=1S/C18H15NO/c1-13-15-9-5-6-10-17(15)19-18(13)16(11-12-20)14-7-3-2-4-8-14/h2-12,19H,1H3/b16-11-. The highest BCUT2D eigenvalue weighted by molar-refractivity contribution is 5.95. The van der Waals surface area contributed by atoms with Crippen molar-refractivity contribution >= 4 is 22.8 Å². The summed E-state index contributed by atoms with van der Waals surface area (Å²) < 4.78 is 0. The quantitative estimate of drug-likeness (QED) is 0.558. The van der Waals surface area contributed by atoms with Crippen LogP contribution in [0.3, 0.4) is 0 Å². The molecule has 0 saturated heterocycles. The van der Waals surface area contributed by atoms with Gasteiger partial charge in [-0.3, -0.25) is 4.79 Å². The number of fused-ring (bicyclic) bond motifs is 1. The maximum Gasteiger partial charge on any atom is 0.143 e. The van der Waals surface area contributed by atoms with Crippen molar-refractivity contribution < 1.29 is 4.79 Å². The summed E-state index contributed by atoms with van der Waals surface area (Å²) in [7, 11) is 0. The second-order valence-corrected chi connectivity index (χ2v) is 4.75. The van der Waals surface area contributed by atoms with Crippen molar-refractivity contribution in [3.8, 4) is 0 Å². The van der Waals surface area contributed by atoms with Crippen LogP contribution in [0.1, 0.15) is 16.8 Å². The fourth-order valence-electron chi connectivity index (χ4n) is 2.56. The number of aryl methyl sites for hydroxylation is 1. The number of carbonyl (C=O) groups is 1. The van der Waals surface area contributed by atoms with Gasteiger partial charge in [-0.05, 0) is 30.2 Å². The molecule has 2 aromatic carbocycles. The number of nitrogens with one attached hydrogen (secondary N) is 1. The molecule has 2 heteroatoms. The fraction of sp³-hybridized carbons (Fsp3) is 0.0556. The summed E-state index contributed by atoms with van der Waals surface area (Å²) in [4.78, 5) is 14.4. The summed E-state index contributed by atoms with van der Waals surface area (Å²) >= 11 is 0. The maximum atomic E-state index is 11.0. The van der Waals surface area contributed by atoms with Crippen LogP contribution in [-0.4, -0.2) is 11.3 Å². The number of allylic oxidation sites excluding steroid dienone is 1. The molecule has 2 nitrogen and oxygen atoms in total. The van der Waals surface area contributed by atoms with Crippen molar-refractivity contribution in [1.82, 2.24) is 4.98 Å². The molecule has 0 atom stereocenters. The molecule has 0 aliphatic rings. The van der Waals surface area contributed by atoms with Crippen LogP contribution in [0, 0.1) is 6.92 Å². The average molecular weight is 261 g/mol. The molecule has 0 amide bonds. The Morgan fingerprint density at radius 1 is 1.00 bits per heavy atom. The minimum atomic E-state index is 0.841. The van der Waals surface area contributed by atoms with Gasteiger partial charge in [0.25, 0.3) is 0 Å². The Bertz CT molecular complexity index is 782. The number of benzene rings is 2. The number of hydrogen-bond donors (Lipinski definition) is 1. The van der Waals surface area contributed by atoms with Gasteiger partial charge in [0, 0.05) is 16.5 Å². The van der Waals surface area contributed by atoms with Crippen LogP contribution in [0.2, 0.25) is 0 Å². The van der Waals surface area contributed by atoms with E-state index in [9.17, 15) is 4.79 Å². The lowest BCUT2D eigenvalue weighted by Crippen LogP contribution is -1.91. The topological polar surface area (TPSA) is 32.9 Å². The Kier molecular flexibility index (Phi) is 3.21. The predicted molar refractivity (Wildman–Crippen MR) is 82.6 cm³/mol. The van der Waals surface area contributed by atoms with Crippen LogP contribution < -0.4 is 0 Å². The molecule has 98 valence electrons. The number of aromatic amines is 1. The summed E-state index contributed by atoms with van der Waals surface area (Å²) in [5.41, 5.74) is 5.22. The summed E-state index contributed by atoms with van der Waals surface area (Å²) in [6, 6.07) is 18.1. The lowest BCUT2D eigenvalue weighted by molar-refractivity contribution is -0.104. The zero-order chi connectivity index (χ0) is 13.9. The molecule has 1 N–H and O–H groups in total. The SMILES string of the molecule is Cc1c(/C(=C\C=O)c2ccccc2)[nH]c2ccccc12. The Balaban J connectivity index is 2.23. The van der Waals surface area contributed by atoms with Crippen molar-refractivity contribution in [3.05, 3.63) is 77.5 Å². The third-order valence-electron chi connectivity index (χ3n) is 3.55. The van der Waals surface area contributed by atoms with E-state index in [2.05, 4.69) is 24.0 Å². The van der Waals surface area contributed by atoms with Crippen molar-refractivity contribution in [2.24, 2.45) is 0 Å². The molecule has 0 unspecified atom stereocenters. The van der Waals surface area contributed by atoms with Crippen LogP contribution in [0.4, 0.5) is 0 Å². The van der Waals surface area contributed by atoms with Gasteiger partial charge < -0.3 is 4.98 Å². The lowest BCUT2D eigenvalue weighted by Gasteiger charge is -2.06. The van der Waals surface area contributed by atoms with E-state index in [-0.39, 0.29) is 0 Å². The van der Waals surface area contributed by atoms with E-state index < -0.39 is 0 Å². The van der Waals surface area contributed by atoms with E-state index in [0.717, 1.165) is 34.2 Å². The number of carbonyl (C=O) groups excluding carboxylic acids is 1. The summed E-state index contributed by atoms with van der Waals surface area (Å²) in [6.07, 6.45) is 2.46.